The third-order valence-electron chi connectivity index (χ3n) is 2.06. The Morgan fingerprint density at radius 2 is 2.06 bits per heavy atom. The average molecular weight is 221 g/mol. The van der Waals surface area contributed by atoms with Crippen LogP contribution in [0.1, 0.15) is 5.56 Å². The van der Waals surface area contributed by atoms with E-state index in [1.807, 2.05) is 0 Å². The quantitative estimate of drug-likeness (QED) is 0.624. The summed E-state index contributed by atoms with van der Waals surface area (Å²) >= 11 is 0. The molecule has 1 atom stereocenters. The lowest BCUT2D eigenvalue weighted by Gasteiger charge is -2.10. The molecule has 1 unspecified atom stereocenters. The Morgan fingerprint density at radius 1 is 1.44 bits per heavy atom. The molecule has 0 fully saturated rings. The first-order chi connectivity index (χ1) is 7.63. The molecule has 1 radical (unpaired) electrons. The van der Waals surface area contributed by atoms with Crippen LogP contribution in [0.3, 0.4) is 0 Å². The van der Waals surface area contributed by atoms with Crippen molar-refractivity contribution in [2.24, 2.45) is 5.73 Å². The Hall–Kier alpha value is -1.88. The van der Waals surface area contributed by atoms with Gasteiger partial charge in [0.2, 0.25) is 12.2 Å². The highest BCUT2D eigenvalue weighted by Gasteiger charge is 2.13. The molecule has 1 aromatic carbocycles. The van der Waals surface area contributed by atoms with Gasteiger partial charge in [0.15, 0.2) is 0 Å². The first kappa shape index (κ1) is 12.2. The number of hydrogen-bond acceptors (Lipinski definition) is 4. The molecular formula is C11H13N2O3. The molecule has 0 heterocycles. The summed E-state index contributed by atoms with van der Waals surface area (Å²) in [4.78, 5) is 21.2. The molecule has 0 aliphatic heterocycles. The number of phenols is 1. The number of benzene rings is 1. The molecule has 16 heavy (non-hydrogen) atoms. The van der Waals surface area contributed by atoms with Crippen molar-refractivity contribution in [2.45, 2.75) is 12.5 Å². The first-order valence-electron chi connectivity index (χ1n) is 4.79. The number of nitrogens with two attached hydrogens (primary N) is 1. The second-order valence-corrected chi connectivity index (χ2v) is 3.34. The van der Waals surface area contributed by atoms with E-state index in [4.69, 9.17) is 10.8 Å². The van der Waals surface area contributed by atoms with Gasteiger partial charge in [-0.05, 0) is 24.1 Å². The van der Waals surface area contributed by atoms with E-state index in [-0.39, 0.29) is 12.3 Å². The fraction of sp³-hybridized carbons (Fsp3) is 0.273. The van der Waals surface area contributed by atoms with Crippen molar-refractivity contribution in [1.82, 2.24) is 5.32 Å². The standard InChI is InChI=1S/C11H13N2O3/c12-10(11(16)13-5-6-14)7-8-1-3-9(15)4-2-8/h1-4,10,15H,5,7,12H2,(H,13,16). The summed E-state index contributed by atoms with van der Waals surface area (Å²) in [6, 6.07) is 5.72. The normalized spacial score (nSPS) is 11.8. The number of nitrogens with one attached hydrogen (secondary N) is 1. The topological polar surface area (TPSA) is 92.4 Å². The molecule has 0 aliphatic carbocycles. The van der Waals surface area contributed by atoms with Crippen LogP contribution in [0, 0.1) is 0 Å². The summed E-state index contributed by atoms with van der Waals surface area (Å²) in [6.07, 6.45) is 1.91. The van der Waals surface area contributed by atoms with Gasteiger partial charge in [0.25, 0.3) is 0 Å². The van der Waals surface area contributed by atoms with E-state index in [0.29, 0.717) is 6.42 Å². The predicted octanol–water partition coefficient (Wildman–Crippen LogP) is -0.512. The lowest BCUT2D eigenvalue weighted by atomic mass is 10.1. The van der Waals surface area contributed by atoms with Crippen LogP contribution < -0.4 is 11.1 Å². The Balaban J connectivity index is 2.50. The fourth-order valence-electron chi connectivity index (χ4n) is 1.23. The first-order valence-corrected chi connectivity index (χ1v) is 4.79. The van der Waals surface area contributed by atoms with Crippen LogP contribution in [0.2, 0.25) is 0 Å². The van der Waals surface area contributed by atoms with E-state index in [1.54, 1.807) is 18.4 Å². The number of carbonyl (C=O) groups excluding carboxylic acids is 2. The maximum absolute atomic E-state index is 11.3. The number of hydrogen-bond donors (Lipinski definition) is 3. The maximum Gasteiger partial charge on any atom is 0.237 e. The summed E-state index contributed by atoms with van der Waals surface area (Å²) in [7, 11) is 0. The SMILES string of the molecule is NC(Cc1ccc(O)cc1)C(=O)NC[C]=O. The summed E-state index contributed by atoms with van der Waals surface area (Å²) in [5.41, 5.74) is 6.47. The molecule has 0 bridgehead atoms. The molecule has 0 saturated heterocycles. The molecule has 5 heteroatoms. The van der Waals surface area contributed by atoms with Gasteiger partial charge in [-0.15, -0.1) is 0 Å². The van der Waals surface area contributed by atoms with Gasteiger partial charge in [-0.2, -0.15) is 0 Å². The van der Waals surface area contributed by atoms with Gasteiger partial charge in [-0.25, -0.2) is 0 Å². The van der Waals surface area contributed by atoms with Gasteiger partial charge >= 0.3 is 0 Å². The highest BCUT2D eigenvalue weighted by molar-refractivity contribution is 5.83. The predicted molar refractivity (Wildman–Crippen MR) is 58.5 cm³/mol. The highest BCUT2D eigenvalue weighted by Crippen LogP contribution is 2.10. The van der Waals surface area contributed by atoms with E-state index >= 15 is 0 Å². The second-order valence-electron chi connectivity index (χ2n) is 3.34. The molecule has 0 saturated carbocycles. The van der Waals surface area contributed by atoms with Crippen molar-refractivity contribution >= 4 is 12.2 Å². The van der Waals surface area contributed by atoms with Crippen LogP contribution in [0.5, 0.6) is 5.75 Å². The Morgan fingerprint density at radius 3 is 2.62 bits per heavy atom. The number of carbonyl (C=O) groups is 1. The molecule has 5 nitrogen and oxygen atoms in total. The summed E-state index contributed by atoms with van der Waals surface area (Å²) in [6.45, 7) is -0.151. The fourth-order valence-corrected chi connectivity index (χ4v) is 1.23. The number of rotatable bonds is 5. The summed E-state index contributed by atoms with van der Waals surface area (Å²) < 4.78 is 0. The number of amides is 1. The van der Waals surface area contributed by atoms with Crippen LogP contribution >= 0.6 is 0 Å². The monoisotopic (exact) mass is 221 g/mol. The minimum absolute atomic E-state index is 0.151. The van der Waals surface area contributed by atoms with Crippen LogP contribution in [0.25, 0.3) is 0 Å². The zero-order chi connectivity index (χ0) is 12.0. The van der Waals surface area contributed by atoms with E-state index in [0.717, 1.165) is 5.56 Å². The molecular weight excluding hydrogens is 208 g/mol. The minimum atomic E-state index is -0.710. The largest absolute Gasteiger partial charge is 0.508 e. The van der Waals surface area contributed by atoms with E-state index in [1.165, 1.54) is 12.1 Å². The second kappa shape index (κ2) is 5.87. The van der Waals surface area contributed by atoms with Crippen molar-refractivity contribution in [1.29, 1.82) is 0 Å². The van der Waals surface area contributed by atoms with Crippen molar-refractivity contribution in [3.63, 3.8) is 0 Å². The summed E-state index contributed by atoms with van der Waals surface area (Å²) in [5.74, 6) is -0.228. The van der Waals surface area contributed by atoms with E-state index in [2.05, 4.69) is 5.32 Å². The smallest absolute Gasteiger partial charge is 0.237 e. The van der Waals surface area contributed by atoms with Crippen molar-refractivity contribution in [3.05, 3.63) is 29.8 Å². The molecule has 1 aromatic rings. The number of aromatic hydroxyl groups is 1. The van der Waals surface area contributed by atoms with Gasteiger partial charge in [0.05, 0.1) is 12.6 Å². The Kier molecular flexibility index (Phi) is 4.47. The molecule has 85 valence electrons. The third-order valence-corrected chi connectivity index (χ3v) is 2.06. The maximum atomic E-state index is 11.3. The average Bonchev–Trinajstić information content (AvgIpc) is 2.29. The summed E-state index contributed by atoms with van der Waals surface area (Å²) in [5, 5.41) is 11.4. The molecule has 1 amide bonds. The van der Waals surface area contributed by atoms with Gasteiger partial charge in [0, 0.05) is 0 Å². The van der Waals surface area contributed by atoms with Gasteiger partial charge in [0.1, 0.15) is 5.75 Å². The Bertz CT molecular complexity index is 362. The minimum Gasteiger partial charge on any atom is -0.508 e. The highest BCUT2D eigenvalue weighted by atomic mass is 16.3. The molecule has 0 spiro atoms. The zero-order valence-electron chi connectivity index (χ0n) is 8.64. The zero-order valence-corrected chi connectivity index (χ0v) is 8.64. The molecule has 0 aliphatic rings. The Labute approximate surface area is 93.3 Å². The van der Waals surface area contributed by atoms with Crippen LogP contribution in [-0.2, 0) is 16.0 Å². The third kappa shape index (κ3) is 3.70. The van der Waals surface area contributed by atoms with Crippen molar-refractivity contribution in [2.75, 3.05) is 6.54 Å². The van der Waals surface area contributed by atoms with Crippen LogP contribution in [0.4, 0.5) is 0 Å². The molecule has 4 N–H and O–H groups in total. The van der Waals surface area contributed by atoms with Gasteiger partial charge in [-0.1, -0.05) is 12.1 Å². The van der Waals surface area contributed by atoms with Gasteiger partial charge < -0.3 is 16.2 Å². The van der Waals surface area contributed by atoms with E-state index < -0.39 is 11.9 Å². The van der Waals surface area contributed by atoms with Crippen molar-refractivity contribution < 1.29 is 14.7 Å². The van der Waals surface area contributed by atoms with Crippen molar-refractivity contribution in [3.8, 4) is 5.75 Å². The van der Waals surface area contributed by atoms with Crippen LogP contribution in [0.15, 0.2) is 24.3 Å². The van der Waals surface area contributed by atoms with E-state index in [9.17, 15) is 9.59 Å². The molecule has 0 aromatic heterocycles. The lowest BCUT2D eigenvalue weighted by Crippen LogP contribution is -2.42. The van der Waals surface area contributed by atoms with Gasteiger partial charge in [-0.3, -0.25) is 9.59 Å². The lowest BCUT2D eigenvalue weighted by molar-refractivity contribution is -0.122. The number of phenolic OH excluding ortho intramolecular Hbond substituents is 1. The van der Waals surface area contributed by atoms with Crippen LogP contribution in [-0.4, -0.2) is 29.9 Å². The molecule has 1 rings (SSSR count).